The first-order valence-electron chi connectivity index (χ1n) is 6.00. The molecule has 4 nitrogen and oxygen atoms in total. The van der Waals surface area contributed by atoms with Crippen LogP contribution in [0, 0.1) is 0 Å². The minimum absolute atomic E-state index is 0.630. The molecule has 0 atom stereocenters. The highest BCUT2D eigenvalue weighted by molar-refractivity contribution is 5.46. The molecule has 0 aliphatic rings. The van der Waals surface area contributed by atoms with Crippen LogP contribution in [-0.4, -0.2) is 18.4 Å². The van der Waals surface area contributed by atoms with Gasteiger partial charge < -0.3 is 14.9 Å². The smallest absolute Gasteiger partial charge is 0.165 e. The molecule has 0 aliphatic carbocycles. The van der Waals surface area contributed by atoms with Gasteiger partial charge in [-0.1, -0.05) is 12.1 Å². The third-order valence-electron chi connectivity index (χ3n) is 2.62. The number of nitrogens with one attached hydrogen (secondary N) is 1. The van der Waals surface area contributed by atoms with Gasteiger partial charge in [0.15, 0.2) is 11.5 Å². The van der Waals surface area contributed by atoms with Crippen molar-refractivity contribution < 1.29 is 9.47 Å². The summed E-state index contributed by atoms with van der Waals surface area (Å²) in [5.41, 5.74) is 4.33. The number of hydrogen-bond acceptors (Lipinski definition) is 3. The molecule has 0 amide bonds. The zero-order chi connectivity index (χ0) is 12.8. The van der Waals surface area contributed by atoms with E-state index in [4.69, 9.17) is 9.47 Å². The lowest BCUT2D eigenvalue weighted by Gasteiger charge is -2.14. The number of hydrogen-bond donors (Lipinski definition) is 1. The molecule has 1 aromatic carbocycles. The lowest BCUT2D eigenvalue weighted by Crippen LogP contribution is -2.12. The largest absolute Gasteiger partial charge is 0.493 e. The Kier molecular flexibility index (Phi) is 4.12. The van der Waals surface area contributed by atoms with Gasteiger partial charge in [-0.05, 0) is 25.1 Å². The van der Waals surface area contributed by atoms with Gasteiger partial charge >= 0.3 is 0 Å². The van der Waals surface area contributed by atoms with Crippen LogP contribution in [0.25, 0.3) is 0 Å². The second-order valence-corrected chi connectivity index (χ2v) is 3.81. The summed E-state index contributed by atoms with van der Waals surface area (Å²) in [6.45, 7) is 3.27. The summed E-state index contributed by atoms with van der Waals surface area (Å²) in [7, 11) is 1.66. The standard InChI is InChI=1S/C14H18N2O2/c1-3-18-13-8-6-7-12(14(13)17-2)11-15-16-9-4-5-10-16/h4-10,15H,3,11H2,1-2H3. The summed E-state index contributed by atoms with van der Waals surface area (Å²) in [6, 6.07) is 9.86. The molecular formula is C14H18N2O2. The molecule has 0 fully saturated rings. The van der Waals surface area contributed by atoms with E-state index in [9.17, 15) is 0 Å². The fraction of sp³-hybridized carbons (Fsp3) is 0.286. The maximum absolute atomic E-state index is 5.55. The zero-order valence-electron chi connectivity index (χ0n) is 10.7. The molecule has 0 saturated carbocycles. The third-order valence-corrected chi connectivity index (χ3v) is 2.62. The molecule has 18 heavy (non-hydrogen) atoms. The first-order chi connectivity index (χ1) is 8.85. The third kappa shape index (κ3) is 2.77. The molecule has 1 N–H and O–H groups in total. The molecular weight excluding hydrogens is 228 g/mol. The Bertz CT molecular complexity index is 481. The van der Waals surface area contributed by atoms with Gasteiger partial charge in [0.1, 0.15) is 0 Å². The van der Waals surface area contributed by atoms with Crippen molar-refractivity contribution in [3.05, 3.63) is 48.3 Å². The molecule has 1 heterocycles. The van der Waals surface area contributed by atoms with Crippen LogP contribution in [0.5, 0.6) is 11.5 Å². The van der Waals surface area contributed by atoms with Gasteiger partial charge in [0.05, 0.1) is 20.3 Å². The van der Waals surface area contributed by atoms with Crippen LogP contribution in [0.4, 0.5) is 0 Å². The zero-order valence-corrected chi connectivity index (χ0v) is 10.7. The molecule has 4 heteroatoms. The lowest BCUT2D eigenvalue weighted by molar-refractivity contribution is 0.309. The number of para-hydroxylation sites is 1. The number of methoxy groups -OCH3 is 1. The Labute approximate surface area is 107 Å². The van der Waals surface area contributed by atoms with Gasteiger partial charge in [0.25, 0.3) is 0 Å². The van der Waals surface area contributed by atoms with E-state index in [1.807, 2.05) is 54.3 Å². The topological polar surface area (TPSA) is 35.4 Å². The quantitative estimate of drug-likeness (QED) is 0.851. The Hall–Kier alpha value is -2.10. The van der Waals surface area contributed by atoms with E-state index in [1.165, 1.54) is 0 Å². The summed E-state index contributed by atoms with van der Waals surface area (Å²) in [5.74, 6) is 1.57. The van der Waals surface area contributed by atoms with Crippen molar-refractivity contribution in [1.82, 2.24) is 4.68 Å². The Morgan fingerprint density at radius 2 is 1.94 bits per heavy atom. The molecule has 0 bridgehead atoms. The minimum atomic E-state index is 0.630. The number of rotatable bonds is 6. The van der Waals surface area contributed by atoms with Crippen LogP contribution in [0.2, 0.25) is 0 Å². The normalized spacial score (nSPS) is 10.1. The molecule has 0 spiro atoms. The molecule has 0 unspecified atom stereocenters. The van der Waals surface area contributed by atoms with Crippen molar-refractivity contribution in [2.24, 2.45) is 0 Å². The first-order valence-corrected chi connectivity index (χ1v) is 6.00. The van der Waals surface area contributed by atoms with Gasteiger partial charge in [-0.3, -0.25) is 4.68 Å². The van der Waals surface area contributed by atoms with Gasteiger partial charge in [0.2, 0.25) is 0 Å². The molecule has 1 aromatic heterocycles. The summed E-state index contributed by atoms with van der Waals surface area (Å²) in [6.07, 6.45) is 3.91. The Morgan fingerprint density at radius 3 is 2.61 bits per heavy atom. The Morgan fingerprint density at radius 1 is 1.17 bits per heavy atom. The van der Waals surface area contributed by atoms with Crippen LogP contribution in [-0.2, 0) is 6.54 Å². The summed E-state index contributed by atoms with van der Waals surface area (Å²) in [4.78, 5) is 0. The number of benzene rings is 1. The van der Waals surface area contributed by atoms with Crippen LogP contribution in [0.1, 0.15) is 12.5 Å². The van der Waals surface area contributed by atoms with Gasteiger partial charge in [0, 0.05) is 18.0 Å². The number of aromatic nitrogens is 1. The Balaban J connectivity index is 2.13. The van der Waals surface area contributed by atoms with E-state index in [0.29, 0.717) is 13.2 Å². The van der Waals surface area contributed by atoms with Crippen LogP contribution in [0.3, 0.4) is 0 Å². The average molecular weight is 246 g/mol. The van der Waals surface area contributed by atoms with E-state index >= 15 is 0 Å². The maximum atomic E-state index is 5.55. The monoisotopic (exact) mass is 246 g/mol. The van der Waals surface area contributed by atoms with E-state index in [1.54, 1.807) is 7.11 Å². The van der Waals surface area contributed by atoms with Crippen molar-refractivity contribution in [3.63, 3.8) is 0 Å². The lowest BCUT2D eigenvalue weighted by atomic mass is 10.2. The predicted molar refractivity (Wildman–Crippen MR) is 71.7 cm³/mol. The van der Waals surface area contributed by atoms with E-state index in [2.05, 4.69) is 5.43 Å². The van der Waals surface area contributed by atoms with Gasteiger partial charge in [-0.2, -0.15) is 0 Å². The van der Waals surface area contributed by atoms with Crippen LogP contribution >= 0.6 is 0 Å². The molecule has 96 valence electrons. The summed E-state index contributed by atoms with van der Waals surface area (Å²) < 4.78 is 12.9. The van der Waals surface area contributed by atoms with E-state index < -0.39 is 0 Å². The molecule has 0 aliphatic heterocycles. The van der Waals surface area contributed by atoms with Gasteiger partial charge in [-0.15, -0.1) is 0 Å². The summed E-state index contributed by atoms with van der Waals surface area (Å²) in [5, 5.41) is 0. The van der Waals surface area contributed by atoms with Crippen molar-refractivity contribution in [2.75, 3.05) is 19.1 Å². The molecule has 2 rings (SSSR count). The first kappa shape index (κ1) is 12.4. The molecule has 0 saturated heterocycles. The van der Waals surface area contributed by atoms with Gasteiger partial charge in [-0.25, -0.2) is 0 Å². The highest BCUT2D eigenvalue weighted by Gasteiger charge is 2.09. The number of nitrogens with zero attached hydrogens (tertiary/aromatic N) is 1. The maximum Gasteiger partial charge on any atom is 0.165 e. The van der Waals surface area contributed by atoms with Crippen molar-refractivity contribution >= 4 is 0 Å². The van der Waals surface area contributed by atoms with E-state index in [-0.39, 0.29) is 0 Å². The van der Waals surface area contributed by atoms with Crippen molar-refractivity contribution in [2.45, 2.75) is 13.5 Å². The van der Waals surface area contributed by atoms with Crippen LogP contribution in [0.15, 0.2) is 42.7 Å². The SMILES string of the molecule is CCOc1cccc(CNn2cccc2)c1OC. The van der Waals surface area contributed by atoms with Crippen LogP contribution < -0.4 is 14.9 Å². The highest BCUT2D eigenvalue weighted by atomic mass is 16.5. The summed E-state index contributed by atoms with van der Waals surface area (Å²) >= 11 is 0. The van der Waals surface area contributed by atoms with E-state index in [0.717, 1.165) is 17.1 Å². The minimum Gasteiger partial charge on any atom is -0.493 e. The van der Waals surface area contributed by atoms with Crippen molar-refractivity contribution in [1.29, 1.82) is 0 Å². The molecule has 0 radical (unpaired) electrons. The average Bonchev–Trinajstić information content (AvgIpc) is 2.90. The van der Waals surface area contributed by atoms with Crippen molar-refractivity contribution in [3.8, 4) is 11.5 Å². The highest BCUT2D eigenvalue weighted by Crippen LogP contribution is 2.30. The molecule has 2 aromatic rings. The predicted octanol–water partition coefficient (Wildman–Crippen LogP) is 2.64. The second-order valence-electron chi connectivity index (χ2n) is 3.81. The second kappa shape index (κ2) is 6.00. The fourth-order valence-electron chi connectivity index (χ4n) is 1.82. The number of ether oxygens (including phenoxy) is 2. The fourth-order valence-corrected chi connectivity index (χ4v) is 1.82.